The van der Waals surface area contributed by atoms with Crippen molar-refractivity contribution in [2.75, 3.05) is 0 Å². The molecule has 1 atom stereocenters. The summed E-state index contributed by atoms with van der Waals surface area (Å²) in [4.78, 5) is 18.0. The van der Waals surface area contributed by atoms with Crippen LogP contribution in [0.4, 0.5) is 22.4 Å². The number of benzene rings is 1. The number of hydrogen-bond donors (Lipinski definition) is 0. The highest BCUT2D eigenvalue weighted by Crippen LogP contribution is 2.44. The van der Waals surface area contributed by atoms with Crippen molar-refractivity contribution in [3.05, 3.63) is 65.9 Å². The van der Waals surface area contributed by atoms with E-state index in [4.69, 9.17) is 4.74 Å². The first-order valence-corrected chi connectivity index (χ1v) is 10.8. The Bertz CT molecular complexity index is 1200. The van der Waals surface area contributed by atoms with Crippen LogP contribution in [0, 0.1) is 11.2 Å². The molecule has 0 N–H and O–H groups in total. The van der Waals surface area contributed by atoms with Crippen molar-refractivity contribution in [2.24, 2.45) is 5.41 Å². The van der Waals surface area contributed by atoms with Crippen molar-refractivity contribution >= 4 is 11.7 Å². The summed E-state index contributed by atoms with van der Waals surface area (Å²) < 4.78 is 59.9. The van der Waals surface area contributed by atoms with Crippen molar-refractivity contribution in [2.45, 2.75) is 58.0 Å². The Labute approximate surface area is 193 Å². The van der Waals surface area contributed by atoms with Gasteiger partial charge >= 0.3 is 6.18 Å². The minimum atomic E-state index is -4.84. The fourth-order valence-electron chi connectivity index (χ4n) is 4.53. The second-order valence-corrected chi connectivity index (χ2v) is 9.57. The van der Waals surface area contributed by atoms with Crippen LogP contribution < -0.4 is 9.84 Å². The van der Waals surface area contributed by atoms with Gasteiger partial charge in [-0.15, -0.1) is 0 Å². The van der Waals surface area contributed by atoms with Crippen molar-refractivity contribution in [3.63, 3.8) is 0 Å². The van der Waals surface area contributed by atoms with Gasteiger partial charge in [-0.2, -0.15) is 13.2 Å². The first-order chi connectivity index (χ1) is 15.9. The molecule has 4 rings (SSSR count). The SMILES string of the molecule is CC(C)(C)C(c1cccn2ccnc12)N(C(=O)[O-])C1CC(Oc2ccc(F)c(C(F)(F)F)c2)C1. The second kappa shape index (κ2) is 8.48. The molecule has 182 valence electrons. The van der Waals surface area contributed by atoms with Gasteiger partial charge in [0.15, 0.2) is 0 Å². The minimum absolute atomic E-state index is 0.119. The molecule has 0 bridgehead atoms. The monoisotopic (exact) mass is 478 g/mol. The number of carbonyl (C=O) groups excluding carboxylic acids is 1. The van der Waals surface area contributed by atoms with Gasteiger partial charge in [0.05, 0.1) is 11.6 Å². The van der Waals surface area contributed by atoms with Crippen LogP contribution in [0.3, 0.4) is 0 Å². The third-order valence-electron chi connectivity index (χ3n) is 6.06. The van der Waals surface area contributed by atoms with Crippen LogP contribution in [0.1, 0.15) is 50.8 Å². The van der Waals surface area contributed by atoms with Crippen LogP contribution >= 0.6 is 0 Å². The Morgan fingerprint density at radius 2 is 1.91 bits per heavy atom. The summed E-state index contributed by atoms with van der Waals surface area (Å²) in [6.45, 7) is 5.76. The summed E-state index contributed by atoms with van der Waals surface area (Å²) in [6.07, 6.45) is -0.960. The lowest BCUT2D eigenvalue weighted by Gasteiger charge is -2.51. The predicted molar refractivity (Wildman–Crippen MR) is 113 cm³/mol. The summed E-state index contributed by atoms with van der Waals surface area (Å²) in [5.41, 5.74) is -0.565. The highest BCUT2D eigenvalue weighted by atomic mass is 19.4. The zero-order chi connectivity index (χ0) is 24.8. The smallest absolute Gasteiger partial charge is 0.419 e. The number of nitrogens with zero attached hydrogens (tertiary/aromatic N) is 3. The standard InChI is InChI=1S/C24H25F4N3O3/c1-23(2,3)20(17-5-4-9-30-10-8-29-21(17)30)31(22(32)33)14-11-16(12-14)34-15-6-7-19(25)18(13-15)24(26,27)28/h4-10,13-14,16,20H,11-12H2,1-3H3,(H,32,33)/p-1. The van der Waals surface area contributed by atoms with Crippen LogP contribution in [0.5, 0.6) is 5.75 Å². The van der Waals surface area contributed by atoms with E-state index in [0.717, 1.165) is 11.6 Å². The summed E-state index contributed by atoms with van der Waals surface area (Å²) >= 11 is 0. The molecule has 6 nitrogen and oxygen atoms in total. The van der Waals surface area contributed by atoms with Gasteiger partial charge in [0.25, 0.3) is 0 Å². The molecule has 1 saturated carbocycles. The van der Waals surface area contributed by atoms with Crippen LogP contribution in [0.2, 0.25) is 0 Å². The number of imidazole rings is 1. The molecule has 1 aliphatic carbocycles. The molecule has 0 spiro atoms. The molecule has 34 heavy (non-hydrogen) atoms. The number of aromatic nitrogens is 2. The van der Waals surface area contributed by atoms with E-state index in [1.807, 2.05) is 39.1 Å². The molecule has 1 aromatic carbocycles. The van der Waals surface area contributed by atoms with E-state index >= 15 is 0 Å². The second-order valence-electron chi connectivity index (χ2n) is 9.57. The Balaban J connectivity index is 1.56. The third-order valence-corrected chi connectivity index (χ3v) is 6.06. The molecular weight excluding hydrogens is 454 g/mol. The number of fused-ring (bicyclic) bond motifs is 1. The molecule has 0 radical (unpaired) electrons. The molecule has 3 aromatic rings. The van der Waals surface area contributed by atoms with Crippen molar-refractivity contribution in [3.8, 4) is 5.75 Å². The molecule has 1 amide bonds. The lowest BCUT2D eigenvalue weighted by atomic mass is 9.78. The molecule has 0 saturated heterocycles. The van der Waals surface area contributed by atoms with E-state index in [2.05, 4.69) is 4.98 Å². The Hall–Kier alpha value is -3.30. The first kappa shape index (κ1) is 23.8. The van der Waals surface area contributed by atoms with E-state index in [1.54, 1.807) is 16.8 Å². The Kier molecular flexibility index (Phi) is 5.95. The maximum Gasteiger partial charge on any atom is 0.419 e. The largest absolute Gasteiger partial charge is 0.530 e. The summed E-state index contributed by atoms with van der Waals surface area (Å²) in [6, 6.07) is 5.06. The van der Waals surface area contributed by atoms with Crippen LogP contribution in [-0.4, -0.2) is 32.5 Å². The number of hydrogen-bond acceptors (Lipinski definition) is 4. The Morgan fingerprint density at radius 1 is 1.21 bits per heavy atom. The summed E-state index contributed by atoms with van der Waals surface area (Å²) in [7, 11) is 0. The van der Waals surface area contributed by atoms with Gasteiger partial charge < -0.3 is 23.9 Å². The zero-order valence-electron chi connectivity index (χ0n) is 18.8. The fourth-order valence-corrected chi connectivity index (χ4v) is 4.53. The molecule has 1 fully saturated rings. The van der Waals surface area contributed by atoms with E-state index in [-0.39, 0.29) is 18.6 Å². The van der Waals surface area contributed by atoms with Gasteiger partial charge in [0, 0.05) is 43.0 Å². The first-order valence-electron chi connectivity index (χ1n) is 10.8. The quantitative estimate of drug-likeness (QED) is 0.493. The fraction of sp³-hybridized carbons (Fsp3) is 0.417. The number of carbonyl (C=O) groups is 1. The normalized spacial score (nSPS) is 19.5. The number of amides is 1. The molecular formula is C24H24F4N3O3-. The van der Waals surface area contributed by atoms with Gasteiger partial charge in [0.1, 0.15) is 29.4 Å². The Morgan fingerprint density at radius 3 is 2.53 bits per heavy atom. The molecule has 1 unspecified atom stereocenters. The zero-order valence-corrected chi connectivity index (χ0v) is 18.8. The highest BCUT2D eigenvalue weighted by molar-refractivity contribution is 5.66. The van der Waals surface area contributed by atoms with E-state index in [1.165, 1.54) is 4.90 Å². The van der Waals surface area contributed by atoms with Crippen LogP contribution in [-0.2, 0) is 6.18 Å². The third kappa shape index (κ3) is 4.53. The number of carboxylic acid groups (broad SMARTS) is 1. The summed E-state index contributed by atoms with van der Waals surface area (Å²) in [5.74, 6) is -1.50. The molecule has 10 heteroatoms. The van der Waals surface area contributed by atoms with Crippen LogP contribution in [0.15, 0.2) is 48.9 Å². The van der Waals surface area contributed by atoms with Crippen LogP contribution in [0.25, 0.3) is 5.65 Å². The van der Waals surface area contributed by atoms with Gasteiger partial charge in [-0.05, 0) is 29.7 Å². The molecule has 0 aliphatic heterocycles. The maximum absolute atomic E-state index is 13.5. The van der Waals surface area contributed by atoms with E-state index < -0.39 is 47.3 Å². The maximum atomic E-state index is 13.5. The predicted octanol–water partition coefficient (Wildman–Crippen LogP) is 4.83. The topological polar surface area (TPSA) is 69.9 Å². The molecule has 1 aliphatic rings. The molecule has 2 aromatic heterocycles. The van der Waals surface area contributed by atoms with Gasteiger partial charge in [-0.3, -0.25) is 0 Å². The van der Waals surface area contributed by atoms with Crippen molar-refractivity contribution in [1.82, 2.24) is 14.3 Å². The van der Waals surface area contributed by atoms with E-state index in [0.29, 0.717) is 17.8 Å². The van der Waals surface area contributed by atoms with Crippen molar-refractivity contribution in [1.29, 1.82) is 0 Å². The number of rotatable bonds is 5. The average molecular weight is 478 g/mol. The number of pyridine rings is 1. The highest BCUT2D eigenvalue weighted by Gasteiger charge is 2.43. The molecule has 2 heterocycles. The summed E-state index contributed by atoms with van der Waals surface area (Å²) in [5, 5.41) is 12.3. The average Bonchev–Trinajstić information content (AvgIpc) is 3.17. The van der Waals surface area contributed by atoms with Gasteiger partial charge in [-0.1, -0.05) is 26.8 Å². The minimum Gasteiger partial charge on any atom is -0.530 e. The van der Waals surface area contributed by atoms with Gasteiger partial charge in [0.2, 0.25) is 0 Å². The number of alkyl halides is 3. The van der Waals surface area contributed by atoms with Gasteiger partial charge in [-0.25, -0.2) is 9.37 Å². The van der Waals surface area contributed by atoms with E-state index in [9.17, 15) is 27.5 Å². The lowest BCUT2D eigenvalue weighted by molar-refractivity contribution is -0.276. The number of ether oxygens (including phenoxy) is 1. The number of halogens is 4. The van der Waals surface area contributed by atoms with Crippen molar-refractivity contribution < 1.29 is 32.2 Å². The lowest BCUT2D eigenvalue weighted by Crippen LogP contribution is -2.58.